The summed E-state index contributed by atoms with van der Waals surface area (Å²) in [5, 5.41) is 8.79. The minimum atomic E-state index is -0.0388. The predicted octanol–water partition coefficient (Wildman–Crippen LogP) is 2.97. The third-order valence-corrected chi connectivity index (χ3v) is 4.59. The fourth-order valence-corrected chi connectivity index (χ4v) is 3.27. The summed E-state index contributed by atoms with van der Waals surface area (Å²) in [7, 11) is 1.86. The Labute approximate surface area is 138 Å². The number of nitrogens with one attached hydrogen (secondary N) is 2. The lowest BCUT2D eigenvalue weighted by atomic mass is 10.3. The number of rotatable bonds is 5. The van der Waals surface area contributed by atoms with Gasteiger partial charge in [0.1, 0.15) is 9.88 Å². The van der Waals surface area contributed by atoms with E-state index >= 15 is 0 Å². The molecule has 4 nitrogen and oxygen atoms in total. The Bertz CT molecular complexity index is 529. The average molecular weight is 354 g/mol. The van der Waals surface area contributed by atoms with Crippen LogP contribution >= 0.6 is 47.5 Å². The molecule has 8 heteroatoms. The van der Waals surface area contributed by atoms with E-state index in [4.69, 9.17) is 0 Å². The maximum absolute atomic E-state index is 12.0. The van der Waals surface area contributed by atoms with Crippen molar-refractivity contribution in [3.8, 4) is 9.88 Å². The van der Waals surface area contributed by atoms with Crippen LogP contribution in [0.25, 0.3) is 9.88 Å². The van der Waals surface area contributed by atoms with E-state index in [1.165, 1.54) is 11.3 Å². The van der Waals surface area contributed by atoms with Gasteiger partial charge >= 0.3 is 0 Å². The lowest BCUT2D eigenvalue weighted by Crippen LogP contribution is -2.30. The summed E-state index contributed by atoms with van der Waals surface area (Å²) < 4.78 is 0. The summed E-state index contributed by atoms with van der Waals surface area (Å²) in [4.78, 5) is 18.2. The number of amides is 1. The van der Waals surface area contributed by atoms with E-state index in [-0.39, 0.29) is 30.7 Å². The number of carbonyl (C=O) groups is 1. The van der Waals surface area contributed by atoms with Gasteiger partial charge in [0, 0.05) is 13.1 Å². The number of thiazole rings is 1. The highest BCUT2D eigenvalue weighted by Crippen LogP contribution is 2.30. The standard InChI is InChI=1S/C12H15N3OS2.2ClH/c1-8-10(11(16)14-6-5-13-2)18-12(15-8)9-4-3-7-17-9;;/h3-4,7,13H,5-6H2,1-2H3,(H,14,16);2*1H. The molecule has 20 heavy (non-hydrogen) atoms. The number of hydrogen-bond acceptors (Lipinski definition) is 5. The Balaban J connectivity index is 0.00000180. The number of nitrogens with zero attached hydrogens (tertiary/aromatic N) is 1. The molecule has 0 aliphatic carbocycles. The minimum Gasteiger partial charge on any atom is -0.350 e. The highest BCUT2D eigenvalue weighted by molar-refractivity contribution is 7.22. The van der Waals surface area contributed by atoms with Crippen LogP contribution in [0.5, 0.6) is 0 Å². The molecule has 2 aromatic heterocycles. The smallest absolute Gasteiger partial charge is 0.263 e. The molecule has 0 atom stereocenters. The lowest BCUT2D eigenvalue weighted by molar-refractivity contribution is 0.0957. The second-order valence-corrected chi connectivity index (χ2v) is 5.72. The van der Waals surface area contributed by atoms with Gasteiger partial charge in [0.05, 0.1) is 10.6 Å². The van der Waals surface area contributed by atoms with Crippen LogP contribution < -0.4 is 10.6 Å². The number of likely N-dealkylation sites (N-methyl/N-ethyl adjacent to an activating group) is 1. The summed E-state index contributed by atoms with van der Waals surface area (Å²) in [6, 6.07) is 4.01. The third-order valence-electron chi connectivity index (χ3n) is 2.40. The lowest BCUT2D eigenvalue weighted by Gasteiger charge is -2.02. The van der Waals surface area contributed by atoms with Gasteiger partial charge in [-0.05, 0) is 25.4 Å². The van der Waals surface area contributed by atoms with Crippen molar-refractivity contribution in [1.82, 2.24) is 15.6 Å². The second kappa shape index (κ2) is 9.31. The zero-order valence-corrected chi connectivity index (χ0v) is 14.4. The van der Waals surface area contributed by atoms with E-state index in [2.05, 4.69) is 15.6 Å². The first-order valence-corrected chi connectivity index (χ1v) is 7.36. The fourth-order valence-electron chi connectivity index (χ4n) is 1.49. The van der Waals surface area contributed by atoms with Gasteiger partial charge in [-0.1, -0.05) is 6.07 Å². The van der Waals surface area contributed by atoms with Gasteiger partial charge in [-0.15, -0.1) is 47.5 Å². The molecule has 2 aromatic rings. The molecule has 0 spiro atoms. The Morgan fingerprint density at radius 2 is 2.10 bits per heavy atom. The summed E-state index contributed by atoms with van der Waals surface area (Å²) in [5.74, 6) is -0.0388. The summed E-state index contributed by atoms with van der Waals surface area (Å²) in [5.41, 5.74) is 0.797. The van der Waals surface area contributed by atoms with Crippen LogP contribution in [0.2, 0.25) is 0 Å². The van der Waals surface area contributed by atoms with Crippen molar-refractivity contribution in [3.63, 3.8) is 0 Å². The molecule has 2 rings (SSSR count). The van der Waals surface area contributed by atoms with Crippen LogP contribution in [-0.2, 0) is 0 Å². The number of aromatic nitrogens is 1. The van der Waals surface area contributed by atoms with Crippen molar-refractivity contribution in [3.05, 3.63) is 28.1 Å². The monoisotopic (exact) mass is 353 g/mol. The topological polar surface area (TPSA) is 54.0 Å². The Hall–Kier alpha value is -0.660. The van der Waals surface area contributed by atoms with Crippen LogP contribution in [0.15, 0.2) is 17.5 Å². The van der Waals surface area contributed by atoms with E-state index in [0.29, 0.717) is 11.4 Å². The molecule has 1 amide bonds. The molecule has 0 unspecified atom stereocenters. The largest absolute Gasteiger partial charge is 0.350 e. The molecule has 0 saturated heterocycles. The van der Waals surface area contributed by atoms with Gasteiger partial charge in [-0.2, -0.15) is 0 Å². The van der Waals surface area contributed by atoms with E-state index < -0.39 is 0 Å². The first kappa shape index (κ1) is 19.3. The molecule has 0 fully saturated rings. The molecular formula is C12H17Cl2N3OS2. The van der Waals surface area contributed by atoms with E-state index in [1.807, 2.05) is 31.5 Å². The first-order chi connectivity index (χ1) is 8.72. The quantitative estimate of drug-likeness (QED) is 0.812. The van der Waals surface area contributed by atoms with Gasteiger partial charge < -0.3 is 10.6 Å². The molecule has 0 aliphatic rings. The third kappa shape index (κ3) is 4.71. The zero-order valence-electron chi connectivity index (χ0n) is 11.1. The van der Waals surface area contributed by atoms with Crippen LogP contribution in [0.4, 0.5) is 0 Å². The average Bonchev–Trinajstić information content (AvgIpc) is 2.97. The predicted molar refractivity (Wildman–Crippen MR) is 90.9 cm³/mol. The Morgan fingerprint density at radius 3 is 2.70 bits per heavy atom. The van der Waals surface area contributed by atoms with Crippen molar-refractivity contribution in [2.75, 3.05) is 20.1 Å². The molecule has 0 aliphatic heterocycles. The van der Waals surface area contributed by atoms with Crippen LogP contribution in [-0.4, -0.2) is 31.0 Å². The number of aryl methyl sites for hydroxylation is 1. The SMILES string of the molecule is CNCCNC(=O)c1sc(-c2cccs2)nc1C.Cl.Cl. The number of thiophene rings is 1. The van der Waals surface area contributed by atoms with Gasteiger partial charge in [0.25, 0.3) is 5.91 Å². The maximum atomic E-state index is 12.0. The van der Waals surface area contributed by atoms with Crippen molar-refractivity contribution in [2.24, 2.45) is 0 Å². The Kier molecular flexibility index (Phi) is 9.00. The van der Waals surface area contributed by atoms with Gasteiger partial charge in [0.15, 0.2) is 0 Å². The summed E-state index contributed by atoms with van der Waals surface area (Å²) in [6.07, 6.45) is 0. The van der Waals surface area contributed by atoms with E-state index in [9.17, 15) is 4.79 Å². The molecule has 0 bridgehead atoms. The van der Waals surface area contributed by atoms with Gasteiger partial charge in [0.2, 0.25) is 0 Å². The molecule has 2 N–H and O–H groups in total. The number of hydrogen-bond donors (Lipinski definition) is 2. The van der Waals surface area contributed by atoms with Crippen molar-refractivity contribution >= 4 is 53.4 Å². The molecule has 0 saturated carbocycles. The molecule has 112 valence electrons. The highest BCUT2D eigenvalue weighted by Gasteiger charge is 2.15. The van der Waals surface area contributed by atoms with Crippen molar-refractivity contribution in [1.29, 1.82) is 0 Å². The number of carbonyl (C=O) groups excluding carboxylic acids is 1. The summed E-state index contributed by atoms with van der Waals surface area (Å²) in [6.45, 7) is 3.27. The molecular weight excluding hydrogens is 337 g/mol. The van der Waals surface area contributed by atoms with E-state index in [1.54, 1.807) is 11.3 Å². The molecule has 0 aromatic carbocycles. The van der Waals surface area contributed by atoms with Gasteiger partial charge in [-0.25, -0.2) is 4.98 Å². The normalized spacial score (nSPS) is 9.50. The van der Waals surface area contributed by atoms with Gasteiger partial charge in [-0.3, -0.25) is 4.79 Å². The number of halogens is 2. The highest BCUT2D eigenvalue weighted by atomic mass is 35.5. The van der Waals surface area contributed by atoms with Crippen LogP contribution in [0, 0.1) is 6.92 Å². The zero-order chi connectivity index (χ0) is 13.0. The Morgan fingerprint density at radius 1 is 1.35 bits per heavy atom. The second-order valence-electron chi connectivity index (χ2n) is 3.77. The molecule has 0 radical (unpaired) electrons. The fraction of sp³-hybridized carbons (Fsp3) is 0.333. The van der Waals surface area contributed by atoms with E-state index in [0.717, 1.165) is 22.1 Å². The van der Waals surface area contributed by atoms with Crippen molar-refractivity contribution < 1.29 is 4.79 Å². The summed E-state index contributed by atoms with van der Waals surface area (Å²) >= 11 is 3.09. The van der Waals surface area contributed by atoms with Crippen molar-refractivity contribution in [2.45, 2.75) is 6.92 Å². The first-order valence-electron chi connectivity index (χ1n) is 5.66. The minimum absolute atomic E-state index is 0. The molecule has 2 heterocycles. The van der Waals surface area contributed by atoms with Crippen LogP contribution in [0.3, 0.4) is 0 Å². The van der Waals surface area contributed by atoms with Crippen LogP contribution in [0.1, 0.15) is 15.4 Å². The maximum Gasteiger partial charge on any atom is 0.263 e.